The Labute approximate surface area is 146 Å². The van der Waals surface area contributed by atoms with E-state index in [1.807, 2.05) is 18.2 Å². The van der Waals surface area contributed by atoms with Crippen LogP contribution < -0.4 is 10.1 Å². The molecule has 0 aromatic heterocycles. The first-order valence-corrected chi connectivity index (χ1v) is 8.17. The number of benzene rings is 3. The van der Waals surface area contributed by atoms with Crippen molar-refractivity contribution >= 4 is 28.3 Å². The fourth-order valence-electron chi connectivity index (χ4n) is 2.48. The topological polar surface area (TPSA) is 38.3 Å². The Morgan fingerprint density at radius 2 is 1.83 bits per heavy atom. The Hall–Kier alpha value is -2.52. The molecule has 3 aromatic rings. The molecule has 3 nitrogen and oxygen atoms in total. The lowest BCUT2D eigenvalue weighted by molar-refractivity contribution is -0.127. The van der Waals surface area contributed by atoms with Crippen molar-refractivity contribution in [1.82, 2.24) is 5.32 Å². The van der Waals surface area contributed by atoms with E-state index in [1.165, 1.54) is 5.39 Å². The van der Waals surface area contributed by atoms with E-state index in [0.717, 1.165) is 10.9 Å². The summed E-state index contributed by atoms with van der Waals surface area (Å²) in [5, 5.41) is 5.83. The van der Waals surface area contributed by atoms with Crippen LogP contribution in [-0.4, -0.2) is 12.0 Å². The van der Waals surface area contributed by atoms with Crippen LogP contribution in [0.4, 0.5) is 0 Å². The number of hydrogen-bond acceptors (Lipinski definition) is 2. The van der Waals surface area contributed by atoms with Crippen molar-refractivity contribution in [1.29, 1.82) is 0 Å². The Morgan fingerprint density at radius 3 is 2.62 bits per heavy atom. The van der Waals surface area contributed by atoms with Gasteiger partial charge in [-0.1, -0.05) is 54.1 Å². The lowest BCUT2D eigenvalue weighted by Crippen LogP contribution is -2.35. The van der Waals surface area contributed by atoms with Gasteiger partial charge < -0.3 is 10.1 Å². The van der Waals surface area contributed by atoms with Crippen molar-refractivity contribution < 1.29 is 9.53 Å². The lowest BCUT2D eigenvalue weighted by Gasteiger charge is -2.15. The summed E-state index contributed by atoms with van der Waals surface area (Å²) < 4.78 is 5.62. The van der Waals surface area contributed by atoms with Gasteiger partial charge in [0.1, 0.15) is 5.75 Å². The standard InChI is InChI=1S/C20H18ClNO2/c1-14(24-19-8-4-7-18(21)12-19)20(23)22-13-15-9-10-16-5-2-3-6-17(16)11-15/h2-12,14H,13H2,1H3,(H,22,23)/t14-/m0/s1. The van der Waals surface area contributed by atoms with Crippen LogP contribution >= 0.6 is 11.6 Å². The minimum absolute atomic E-state index is 0.164. The van der Waals surface area contributed by atoms with Gasteiger partial charge in [0.05, 0.1) is 0 Å². The second kappa shape index (κ2) is 7.37. The Kier molecular flexibility index (Phi) is 5.02. The molecule has 0 saturated heterocycles. The smallest absolute Gasteiger partial charge is 0.261 e. The summed E-state index contributed by atoms with van der Waals surface area (Å²) in [4.78, 5) is 12.2. The van der Waals surface area contributed by atoms with Gasteiger partial charge >= 0.3 is 0 Å². The van der Waals surface area contributed by atoms with Gasteiger partial charge in [0.25, 0.3) is 5.91 Å². The highest BCUT2D eigenvalue weighted by atomic mass is 35.5. The van der Waals surface area contributed by atoms with Crippen LogP contribution in [0.25, 0.3) is 10.8 Å². The third kappa shape index (κ3) is 4.06. The molecular formula is C20H18ClNO2. The molecule has 24 heavy (non-hydrogen) atoms. The molecule has 0 unspecified atom stereocenters. The maximum absolute atomic E-state index is 12.2. The number of fused-ring (bicyclic) bond motifs is 1. The van der Waals surface area contributed by atoms with Crippen LogP contribution in [0.3, 0.4) is 0 Å². The zero-order valence-electron chi connectivity index (χ0n) is 13.3. The summed E-state index contributed by atoms with van der Waals surface area (Å²) in [6.45, 7) is 2.18. The van der Waals surface area contributed by atoms with Gasteiger partial charge in [-0.25, -0.2) is 0 Å². The summed E-state index contributed by atoms with van der Waals surface area (Å²) in [5.74, 6) is 0.416. The number of carbonyl (C=O) groups is 1. The van der Waals surface area contributed by atoms with Gasteiger partial charge in [0, 0.05) is 11.6 Å². The Balaban J connectivity index is 1.59. The average molecular weight is 340 g/mol. The van der Waals surface area contributed by atoms with Crippen molar-refractivity contribution in [2.24, 2.45) is 0 Å². The van der Waals surface area contributed by atoms with Gasteiger partial charge in [-0.15, -0.1) is 0 Å². The maximum Gasteiger partial charge on any atom is 0.261 e. The molecule has 0 saturated carbocycles. The minimum atomic E-state index is -0.594. The highest BCUT2D eigenvalue weighted by molar-refractivity contribution is 6.30. The number of nitrogens with one attached hydrogen (secondary N) is 1. The number of carbonyl (C=O) groups excluding carboxylic acids is 1. The molecule has 122 valence electrons. The Morgan fingerprint density at radius 1 is 1.04 bits per heavy atom. The predicted molar refractivity (Wildman–Crippen MR) is 97.3 cm³/mol. The maximum atomic E-state index is 12.2. The van der Waals surface area contributed by atoms with Crippen LogP contribution in [0.15, 0.2) is 66.7 Å². The zero-order chi connectivity index (χ0) is 16.9. The molecule has 0 radical (unpaired) electrons. The van der Waals surface area contributed by atoms with Crippen LogP contribution in [0.1, 0.15) is 12.5 Å². The molecular weight excluding hydrogens is 322 g/mol. The SMILES string of the molecule is C[C@H](Oc1cccc(Cl)c1)C(=O)NCc1ccc2ccccc2c1. The lowest BCUT2D eigenvalue weighted by atomic mass is 10.1. The van der Waals surface area contributed by atoms with Gasteiger partial charge in [-0.3, -0.25) is 4.79 Å². The third-order valence-corrected chi connectivity index (χ3v) is 3.99. The van der Waals surface area contributed by atoms with Crippen molar-refractivity contribution in [3.63, 3.8) is 0 Å². The molecule has 0 fully saturated rings. The summed E-state index contributed by atoms with van der Waals surface area (Å²) in [6.07, 6.45) is -0.594. The van der Waals surface area contributed by atoms with E-state index in [4.69, 9.17) is 16.3 Å². The molecule has 1 amide bonds. The van der Waals surface area contributed by atoms with E-state index < -0.39 is 6.10 Å². The largest absolute Gasteiger partial charge is 0.481 e. The van der Waals surface area contributed by atoms with Gasteiger partial charge in [0.15, 0.2) is 6.10 Å². The van der Waals surface area contributed by atoms with Gasteiger partial charge in [0.2, 0.25) is 0 Å². The molecule has 1 atom stereocenters. The van der Waals surface area contributed by atoms with Crippen LogP contribution in [0, 0.1) is 0 Å². The summed E-state index contributed by atoms with van der Waals surface area (Å²) in [7, 11) is 0. The first kappa shape index (κ1) is 16.3. The fourth-order valence-corrected chi connectivity index (χ4v) is 2.66. The van der Waals surface area contributed by atoms with Crippen molar-refractivity contribution in [2.75, 3.05) is 0 Å². The van der Waals surface area contributed by atoms with E-state index in [1.54, 1.807) is 31.2 Å². The highest BCUT2D eigenvalue weighted by Gasteiger charge is 2.14. The number of amides is 1. The van der Waals surface area contributed by atoms with Crippen LogP contribution in [0.2, 0.25) is 5.02 Å². The number of rotatable bonds is 5. The fraction of sp³-hybridized carbons (Fsp3) is 0.150. The predicted octanol–water partition coefficient (Wildman–Crippen LogP) is 4.58. The molecule has 0 bridgehead atoms. The third-order valence-electron chi connectivity index (χ3n) is 3.76. The average Bonchev–Trinajstić information content (AvgIpc) is 2.59. The monoisotopic (exact) mass is 339 g/mol. The molecule has 0 aliphatic rings. The second-order valence-corrected chi connectivity index (χ2v) is 6.05. The number of ether oxygens (including phenoxy) is 1. The van der Waals surface area contributed by atoms with Gasteiger partial charge in [-0.2, -0.15) is 0 Å². The first-order valence-electron chi connectivity index (χ1n) is 7.79. The van der Waals surface area contributed by atoms with E-state index in [9.17, 15) is 4.79 Å². The number of hydrogen-bond donors (Lipinski definition) is 1. The van der Waals surface area contributed by atoms with E-state index in [2.05, 4.69) is 29.6 Å². The van der Waals surface area contributed by atoms with Crippen molar-refractivity contribution in [2.45, 2.75) is 19.6 Å². The summed E-state index contributed by atoms with van der Waals surface area (Å²) in [6, 6.07) is 21.3. The minimum Gasteiger partial charge on any atom is -0.481 e. The number of halogens is 1. The van der Waals surface area contributed by atoms with E-state index >= 15 is 0 Å². The van der Waals surface area contributed by atoms with Gasteiger partial charge in [-0.05, 0) is 47.5 Å². The van der Waals surface area contributed by atoms with E-state index in [-0.39, 0.29) is 5.91 Å². The molecule has 3 rings (SSSR count). The molecule has 1 N–H and O–H groups in total. The normalized spacial score (nSPS) is 11.9. The summed E-state index contributed by atoms with van der Waals surface area (Å²) >= 11 is 5.92. The van der Waals surface area contributed by atoms with Crippen molar-refractivity contribution in [3.05, 3.63) is 77.3 Å². The molecule has 0 heterocycles. The summed E-state index contributed by atoms with van der Waals surface area (Å²) in [5.41, 5.74) is 1.05. The zero-order valence-corrected chi connectivity index (χ0v) is 14.1. The Bertz CT molecular complexity index is 863. The molecule has 3 aromatic carbocycles. The van der Waals surface area contributed by atoms with Crippen LogP contribution in [0.5, 0.6) is 5.75 Å². The van der Waals surface area contributed by atoms with Crippen molar-refractivity contribution in [3.8, 4) is 5.75 Å². The molecule has 0 aliphatic heterocycles. The van der Waals surface area contributed by atoms with E-state index in [0.29, 0.717) is 17.3 Å². The van der Waals surface area contributed by atoms with Crippen LogP contribution in [-0.2, 0) is 11.3 Å². The molecule has 0 aliphatic carbocycles. The highest BCUT2D eigenvalue weighted by Crippen LogP contribution is 2.18. The first-order chi connectivity index (χ1) is 11.6. The molecule has 0 spiro atoms. The second-order valence-electron chi connectivity index (χ2n) is 5.62. The molecule has 4 heteroatoms. The quantitative estimate of drug-likeness (QED) is 0.739.